The number of nitrogens with one attached hydrogen (secondary N) is 1. The Bertz CT molecular complexity index is 672. The molecule has 0 spiro atoms. The van der Waals surface area contributed by atoms with Crippen molar-refractivity contribution in [2.45, 2.75) is 25.6 Å². The van der Waals surface area contributed by atoms with Crippen LogP contribution in [-0.2, 0) is 11.3 Å². The molecule has 1 aliphatic rings. The van der Waals surface area contributed by atoms with Gasteiger partial charge < -0.3 is 15.8 Å². The van der Waals surface area contributed by atoms with E-state index in [1.807, 2.05) is 24.3 Å². The number of nitrogens with zero attached hydrogens (tertiary/aromatic N) is 1. The Hall–Kier alpha value is -1.73. The van der Waals surface area contributed by atoms with Gasteiger partial charge in [-0.2, -0.15) is 0 Å². The molecule has 2 aromatic rings. The second-order valence-corrected chi connectivity index (χ2v) is 7.30. The van der Waals surface area contributed by atoms with Gasteiger partial charge in [0, 0.05) is 36.6 Å². The van der Waals surface area contributed by atoms with Crippen LogP contribution in [0.2, 0.25) is 0 Å². The van der Waals surface area contributed by atoms with Crippen molar-refractivity contribution in [3.8, 4) is 0 Å². The molecule has 1 aromatic heterocycles. The topological polar surface area (TPSA) is 67.6 Å². The average Bonchev–Trinajstić information content (AvgIpc) is 3.16. The first-order valence-electron chi connectivity index (χ1n) is 8.63. The molecule has 25 heavy (non-hydrogen) atoms. The maximum absolute atomic E-state index is 12.5. The van der Waals surface area contributed by atoms with Crippen LogP contribution in [0.3, 0.4) is 0 Å². The van der Waals surface area contributed by atoms with Gasteiger partial charge >= 0.3 is 0 Å². The van der Waals surface area contributed by atoms with Crippen LogP contribution in [0.25, 0.3) is 0 Å². The summed E-state index contributed by atoms with van der Waals surface area (Å²) in [5.74, 6) is -0.0496. The maximum Gasteiger partial charge on any atom is 0.251 e. The summed E-state index contributed by atoms with van der Waals surface area (Å²) in [5, 5.41) is 5.17. The van der Waals surface area contributed by atoms with Crippen molar-refractivity contribution in [1.82, 2.24) is 10.2 Å². The van der Waals surface area contributed by atoms with Gasteiger partial charge in [-0.25, -0.2) is 0 Å². The van der Waals surface area contributed by atoms with Gasteiger partial charge in [-0.1, -0.05) is 18.2 Å². The standard InChI is InChI=1S/C19H25N3O2S/c1-14-13-22(8-9-24-14)17(18-3-2-10-25-18)12-21-19(23)16-6-4-15(11-20)5-7-16/h2-7,10,14,17H,8-9,11-13,20H2,1H3,(H,21,23). The number of hydrogen-bond donors (Lipinski definition) is 2. The van der Waals surface area contributed by atoms with E-state index in [1.54, 1.807) is 11.3 Å². The third-order valence-corrected chi connectivity index (χ3v) is 5.47. The van der Waals surface area contributed by atoms with E-state index in [-0.39, 0.29) is 18.1 Å². The van der Waals surface area contributed by atoms with Crippen LogP contribution in [0, 0.1) is 0 Å². The molecule has 0 saturated carbocycles. The van der Waals surface area contributed by atoms with E-state index < -0.39 is 0 Å². The van der Waals surface area contributed by atoms with Gasteiger partial charge in [0.1, 0.15) is 0 Å². The molecule has 5 nitrogen and oxygen atoms in total. The summed E-state index contributed by atoms with van der Waals surface area (Å²) in [5.41, 5.74) is 7.30. The maximum atomic E-state index is 12.5. The number of carbonyl (C=O) groups excluding carboxylic acids is 1. The summed E-state index contributed by atoms with van der Waals surface area (Å²) in [4.78, 5) is 16.2. The molecule has 1 fully saturated rings. The van der Waals surface area contributed by atoms with E-state index in [4.69, 9.17) is 10.5 Å². The highest BCUT2D eigenvalue weighted by molar-refractivity contribution is 7.10. The smallest absolute Gasteiger partial charge is 0.251 e. The van der Waals surface area contributed by atoms with Crippen LogP contribution in [0.4, 0.5) is 0 Å². The van der Waals surface area contributed by atoms with Crippen molar-refractivity contribution < 1.29 is 9.53 Å². The quantitative estimate of drug-likeness (QED) is 0.831. The second-order valence-electron chi connectivity index (χ2n) is 6.32. The van der Waals surface area contributed by atoms with Gasteiger partial charge in [0.25, 0.3) is 5.91 Å². The van der Waals surface area contributed by atoms with Crippen LogP contribution in [0.15, 0.2) is 41.8 Å². The number of rotatable bonds is 6. The van der Waals surface area contributed by atoms with E-state index in [0.29, 0.717) is 18.7 Å². The Labute approximate surface area is 152 Å². The predicted molar refractivity (Wildman–Crippen MR) is 101 cm³/mol. The lowest BCUT2D eigenvalue weighted by molar-refractivity contribution is -0.0336. The van der Waals surface area contributed by atoms with Crippen LogP contribution in [-0.4, -0.2) is 43.2 Å². The summed E-state index contributed by atoms with van der Waals surface area (Å²) in [6.07, 6.45) is 0.218. The molecule has 3 rings (SSSR count). The Morgan fingerprint density at radius 3 is 2.84 bits per heavy atom. The number of thiophene rings is 1. The van der Waals surface area contributed by atoms with Gasteiger partial charge in [0.15, 0.2) is 0 Å². The Morgan fingerprint density at radius 1 is 1.40 bits per heavy atom. The molecule has 0 aliphatic carbocycles. The van der Waals surface area contributed by atoms with Crippen molar-refractivity contribution >= 4 is 17.2 Å². The van der Waals surface area contributed by atoms with Crippen LogP contribution in [0.1, 0.15) is 33.8 Å². The first kappa shape index (κ1) is 18.1. The van der Waals surface area contributed by atoms with Crippen molar-refractivity contribution in [2.75, 3.05) is 26.2 Å². The first-order valence-corrected chi connectivity index (χ1v) is 9.51. The lowest BCUT2D eigenvalue weighted by Crippen LogP contribution is -2.46. The van der Waals surface area contributed by atoms with E-state index in [1.165, 1.54) is 4.88 Å². The highest BCUT2D eigenvalue weighted by Crippen LogP contribution is 2.26. The average molecular weight is 359 g/mol. The van der Waals surface area contributed by atoms with Gasteiger partial charge in [0.05, 0.1) is 18.8 Å². The van der Waals surface area contributed by atoms with Crippen molar-refractivity contribution in [2.24, 2.45) is 5.73 Å². The minimum absolute atomic E-state index is 0.0496. The minimum Gasteiger partial charge on any atom is -0.376 e. The monoisotopic (exact) mass is 359 g/mol. The number of benzene rings is 1. The number of morpholine rings is 1. The van der Waals surface area contributed by atoms with Gasteiger partial charge in [-0.15, -0.1) is 11.3 Å². The molecule has 0 bridgehead atoms. The summed E-state index contributed by atoms with van der Waals surface area (Å²) in [6.45, 7) is 5.66. The molecular formula is C19H25N3O2S. The van der Waals surface area contributed by atoms with Crippen molar-refractivity contribution in [1.29, 1.82) is 0 Å². The van der Waals surface area contributed by atoms with Crippen LogP contribution >= 0.6 is 11.3 Å². The molecule has 6 heteroatoms. The Morgan fingerprint density at radius 2 is 2.20 bits per heavy atom. The lowest BCUT2D eigenvalue weighted by Gasteiger charge is -2.37. The molecule has 0 radical (unpaired) electrons. The molecule has 3 N–H and O–H groups in total. The number of amides is 1. The molecule has 2 atom stereocenters. The summed E-state index contributed by atoms with van der Waals surface area (Å²) in [7, 11) is 0. The van der Waals surface area contributed by atoms with Crippen molar-refractivity contribution in [3.63, 3.8) is 0 Å². The van der Waals surface area contributed by atoms with Gasteiger partial charge in [-0.05, 0) is 36.1 Å². The SMILES string of the molecule is CC1CN(C(CNC(=O)c2ccc(CN)cc2)c2cccs2)CCO1. The fraction of sp³-hybridized carbons (Fsp3) is 0.421. The molecule has 1 amide bonds. The zero-order valence-corrected chi connectivity index (χ0v) is 15.3. The Balaban J connectivity index is 1.66. The number of nitrogens with two attached hydrogens (primary N) is 1. The fourth-order valence-electron chi connectivity index (χ4n) is 3.10. The third-order valence-electron chi connectivity index (χ3n) is 4.49. The summed E-state index contributed by atoms with van der Waals surface area (Å²) in [6, 6.07) is 11.8. The van der Waals surface area contributed by atoms with E-state index >= 15 is 0 Å². The zero-order chi connectivity index (χ0) is 17.6. The van der Waals surface area contributed by atoms with E-state index in [9.17, 15) is 4.79 Å². The molecule has 2 heterocycles. The van der Waals surface area contributed by atoms with E-state index in [2.05, 4.69) is 34.7 Å². The Kier molecular flexibility index (Phi) is 6.20. The number of hydrogen-bond acceptors (Lipinski definition) is 5. The minimum atomic E-state index is -0.0496. The first-order chi connectivity index (χ1) is 12.2. The largest absolute Gasteiger partial charge is 0.376 e. The molecule has 1 aromatic carbocycles. The van der Waals surface area contributed by atoms with E-state index in [0.717, 1.165) is 25.3 Å². The molecule has 2 unspecified atom stereocenters. The molecular weight excluding hydrogens is 334 g/mol. The number of ether oxygens (including phenoxy) is 1. The summed E-state index contributed by atoms with van der Waals surface area (Å²) >= 11 is 1.73. The van der Waals surface area contributed by atoms with Gasteiger partial charge in [0.2, 0.25) is 0 Å². The molecule has 1 saturated heterocycles. The summed E-state index contributed by atoms with van der Waals surface area (Å²) < 4.78 is 5.66. The molecule has 1 aliphatic heterocycles. The third kappa shape index (κ3) is 4.67. The normalized spacial score (nSPS) is 19.5. The predicted octanol–water partition coefficient (Wildman–Crippen LogP) is 2.40. The highest BCUT2D eigenvalue weighted by Gasteiger charge is 2.26. The fourth-order valence-corrected chi connectivity index (χ4v) is 3.96. The van der Waals surface area contributed by atoms with Crippen molar-refractivity contribution in [3.05, 3.63) is 57.8 Å². The lowest BCUT2D eigenvalue weighted by atomic mass is 10.1. The highest BCUT2D eigenvalue weighted by atomic mass is 32.1. The second kappa shape index (κ2) is 8.58. The number of carbonyl (C=O) groups is 1. The van der Waals surface area contributed by atoms with Crippen LogP contribution in [0.5, 0.6) is 0 Å². The molecule has 134 valence electrons. The van der Waals surface area contributed by atoms with Gasteiger partial charge in [-0.3, -0.25) is 9.69 Å². The zero-order valence-electron chi connectivity index (χ0n) is 14.5. The van der Waals surface area contributed by atoms with Crippen LogP contribution < -0.4 is 11.1 Å².